The summed E-state index contributed by atoms with van der Waals surface area (Å²) in [5.41, 5.74) is 0. The zero-order valence-corrected chi connectivity index (χ0v) is 17.5. The van der Waals surface area contributed by atoms with Gasteiger partial charge in [0.05, 0.1) is 37.6 Å². The van der Waals surface area contributed by atoms with Crippen molar-refractivity contribution in [1.82, 2.24) is 0 Å². The molecule has 0 amide bonds. The average molecular weight is 361 g/mol. The minimum absolute atomic E-state index is 0.0435. The van der Waals surface area contributed by atoms with Gasteiger partial charge in [-0.2, -0.15) is 0 Å². The molecule has 1 aliphatic rings. The summed E-state index contributed by atoms with van der Waals surface area (Å²) >= 11 is 0. The quantitative estimate of drug-likeness (QED) is 0.556. The molecular formula is C20H40O5. The van der Waals surface area contributed by atoms with Crippen LogP contribution in [-0.2, 0) is 23.7 Å². The van der Waals surface area contributed by atoms with Crippen LogP contribution in [0.4, 0.5) is 0 Å². The topological polar surface area (TPSA) is 46.2 Å². The van der Waals surface area contributed by atoms with Gasteiger partial charge >= 0.3 is 0 Å². The molecule has 1 aliphatic heterocycles. The van der Waals surface area contributed by atoms with Crippen molar-refractivity contribution in [1.29, 1.82) is 0 Å². The summed E-state index contributed by atoms with van der Waals surface area (Å²) in [6.45, 7) is 18.3. The van der Waals surface area contributed by atoms with Crippen molar-refractivity contribution in [2.45, 2.75) is 98.4 Å². The first kappa shape index (κ1) is 22.8. The van der Waals surface area contributed by atoms with E-state index in [1.807, 2.05) is 27.7 Å². The van der Waals surface area contributed by atoms with Gasteiger partial charge in [-0.1, -0.05) is 13.8 Å². The fourth-order valence-electron chi connectivity index (χ4n) is 3.14. The van der Waals surface area contributed by atoms with Gasteiger partial charge in [-0.15, -0.1) is 0 Å². The highest BCUT2D eigenvalue weighted by atomic mass is 16.7. The number of hydrogen-bond donors (Lipinski definition) is 0. The molecule has 150 valence electrons. The lowest BCUT2D eigenvalue weighted by Gasteiger charge is -2.42. The summed E-state index contributed by atoms with van der Waals surface area (Å²) in [5, 5.41) is 0. The van der Waals surface area contributed by atoms with Crippen LogP contribution in [0.1, 0.15) is 61.8 Å². The van der Waals surface area contributed by atoms with Crippen molar-refractivity contribution in [3.8, 4) is 0 Å². The lowest BCUT2D eigenvalue weighted by Crippen LogP contribution is -2.54. The lowest BCUT2D eigenvalue weighted by atomic mass is 9.87. The second-order valence-electron chi connectivity index (χ2n) is 8.26. The third-order valence-corrected chi connectivity index (χ3v) is 4.14. The molecule has 0 N–H and O–H groups in total. The Balaban J connectivity index is 2.89. The normalized spacial score (nSPS) is 26.2. The molecule has 0 aromatic heterocycles. The largest absolute Gasteiger partial charge is 0.378 e. The van der Waals surface area contributed by atoms with Crippen LogP contribution in [0.3, 0.4) is 0 Å². The summed E-state index contributed by atoms with van der Waals surface area (Å²) in [5.74, 6) is 0.842. The molecule has 0 bridgehead atoms. The Kier molecular flexibility index (Phi) is 10.5. The molecule has 1 rings (SSSR count). The minimum Gasteiger partial charge on any atom is -0.378 e. The van der Waals surface area contributed by atoms with E-state index in [1.54, 1.807) is 0 Å². The molecule has 4 atom stereocenters. The summed E-state index contributed by atoms with van der Waals surface area (Å²) in [6.07, 6.45) is 1.21. The van der Waals surface area contributed by atoms with E-state index in [4.69, 9.17) is 23.7 Å². The Morgan fingerprint density at radius 2 is 1.48 bits per heavy atom. The van der Waals surface area contributed by atoms with Gasteiger partial charge in [0.2, 0.25) is 0 Å². The maximum Gasteiger partial charge on any atom is 0.147 e. The maximum atomic E-state index is 6.23. The summed E-state index contributed by atoms with van der Waals surface area (Å²) in [7, 11) is 0. The van der Waals surface area contributed by atoms with Crippen molar-refractivity contribution in [2.24, 2.45) is 11.8 Å². The number of hydrogen-bond acceptors (Lipinski definition) is 5. The van der Waals surface area contributed by atoms with E-state index >= 15 is 0 Å². The molecule has 5 nitrogen and oxygen atoms in total. The van der Waals surface area contributed by atoms with Crippen LogP contribution in [0, 0.1) is 11.8 Å². The minimum atomic E-state index is -0.146. The molecule has 0 aromatic carbocycles. The van der Waals surface area contributed by atoms with Crippen LogP contribution in [0.15, 0.2) is 0 Å². The fraction of sp³-hybridized carbons (Fsp3) is 1.00. The monoisotopic (exact) mass is 360 g/mol. The second-order valence-corrected chi connectivity index (χ2v) is 8.26. The Morgan fingerprint density at radius 3 is 2.00 bits per heavy atom. The van der Waals surface area contributed by atoms with E-state index in [0.717, 1.165) is 6.42 Å². The van der Waals surface area contributed by atoms with Crippen molar-refractivity contribution in [3.05, 3.63) is 0 Å². The first-order valence-corrected chi connectivity index (χ1v) is 9.82. The average Bonchev–Trinajstić information content (AvgIpc) is 2.49. The molecule has 0 aliphatic carbocycles. The lowest BCUT2D eigenvalue weighted by molar-refractivity contribution is -0.275. The third-order valence-electron chi connectivity index (χ3n) is 4.14. The number of rotatable bonds is 11. The Bertz CT molecular complexity index is 343. The SMILES string of the molecule is CC(C)C[C@H](COC(C)C)[C@H]1OCO[C@@H](COC(C)C)[C@H]1OC(C)C. The highest BCUT2D eigenvalue weighted by Crippen LogP contribution is 2.29. The van der Waals surface area contributed by atoms with Gasteiger partial charge in [0.15, 0.2) is 0 Å². The molecule has 0 saturated carbocycles. The smallest absolute Gasteiger partial charge is 0.147 e. The molecule has 0 aromatic rings. The zero-order chi connectivity index (χ0) is 19.0. The second kappa shape index (κ2) is 11.5. The van der Waals surface area contributed by atoms with Crippen LogP contribution in [0.25, 0.3) is 0 Å². The standard InChI is InChI=1S/C20H40O5/c1-13(2)9-17(10-21-14(3)4)19-20(25-16(7)8)18(23-12-24-19)11-22-15(5)6/h13-20H,9-12H2,1-8H3/t17-,18+,19-,20-/m1/s1. The number of ether oxygens (including phenoxy) is 5. The van der Waals surface area contributed by atoms with Gasteiger partial charge in [0, 0.05) is 5.92 Å². The van der Waals surface area contributed by atoms with Crippen molar-refractivity contribution < 1.29 is 23.7 Å². The van der Waals surface area contributed by atoms with Crippen LogP contribution >= 0.6 is 0 Å². The van der Waals surface area contributed by atoms with Gasteiger partial charge in [-0.3, -0.25) is 0 Å². The van der Waals surface area contributed by atoms with E-state index in [1.165, 1.54) is 0 Å². The first-order valence-electron chi connectivity index (χ1n) is 9.82. The highest BCUT2D eigenvalue weighted by molar-refractivity contribution is 4.88. The van der Waals surface area contributed by atoms with E-state index < -0.39 is 0 Å². The third kappa shape index (κ3) is 8.83. The van der Waals surface area contributed by atoms with Gasteiger partial charge < -0.3 is 23.7 Å². The highest BCUT2D eigenvalue weighted by Gasteiger charge is 2.41. The molecule has 1 saturated heterocycles. The molecule has 0 spiro atoms. The van der Waals surface area contributed by atoms with Crippen LogP contribution in [0.2, 0.25) is 0 Å². The van der Waals surface area contributed by atoms with Crippen molar-refractivity contribution in [2.75, 3.05) is 20.0 Å². The molecule has 1 heterocycles. The van der Waals surface area contributed by atoms with Crippen LogP contribution in [0.5, 0.6) is 0 Å². The van der Waals surface area contributed by atoms with Crippen molar-refractivity contribution in [3.63, 3.8) is 0 Å². The van der Waals surface area contributed by atoms with Gasteiger partial charge in [0.1, 0.15) is 19.0 Å². The summed E-state index contributed by atoms with van der Waals surface area (Å²) < 4.78 is 29.9. The zero-order valence-electron chi connectivity index (χ0n) is 17.5. The molecule has 1 fully saturated rings. The Hall–Kier alpha value is -0.200. The Labute approximate surface area is 154 Å². The van der Waals surface area contributed by atoms with Crippen molar-refractivity contribution >= 4 is 0 Å². The molecular weight excluding hydrogens is 320 g/mol. The summed E-state index contributed by atoms with van der Waals surface area (Å²) in [4.78, 5) is 0. The van der Waals surface area contributed by atoms with E-state index in [9.17, 15) is 0 Å². The predicted molar refractivity (Wildman–Crippen MR) is 99.7 cm³/mol. The van der Waals surface area contributed by atoms with Crippen LogP contribution < -0.4 is 0 Å². The van der Waals surface area contributed by atoms with Gasteiger partial charge in [-0.25, -0.2) is 0 Å². The van der Waals surface area contributed by atoms with E-state index in [0.29, 0.717) is 19.1 Å². The van der Waals surface area contributed by atoms with Gasteiger partial charge in [0.25, 0.3) is 0 Å². The fourth-order valence-corrected chi connectivity index (χ4v) is 3.14. The molecule has 5 heteroatoms. The molecule has 0 unspecified atom stereocenters. The molecule has 25 heavy (non-hydrogen) atoms. The predicted octanol–water partition coefficient (Wildman–Crippen LogP) is 4.03. The van der Waals surface area contributed by atoms with Gasteiger partial charge in [-0.05, 0) is 53.9 Å². The Morgan fingerprint density at radius 1 is 0.840 bits per heavy atom. The summed E-state index contributed by atoms with van der Waals surface area (Å²) in [6, 6.07) is 0. The van der Waals surface area contributed by atoms with Crippen LogP contribution in [-0.4, -0.2) is 56.6 Å². The van der Waals surface area contributed by atoms with E-state index in [-0.39, 0.29) is 49.3 Å². The van der Waals surface area contributed by atoms with E-state index in [2.05, 4.69) is 27.7 Å². The maximum absolute atomic E-state index is 6.23. The first-order chi connectivity index (χ1) is 11.7. The molecule has 0 radical (unpaired) electrons.